The predicted molar refractivity (Wildman–Crippen MR) is 62.6 cm³/mol. The van der Waals surface area contributed by atoms with Gasteiger partial charge in [0, 0.05) is 16.7 Å². The van der Waals surface area contributed by atoms with Gasteiger partial charge in [0.05, 0.1) is 16.3 Å². The number of benzene rings is 1. The molecule has 0 saturated carbocycles. The smallest absolute Gasteiger partial charge is 0.0797 e. The third kappa shape index (κ3) is 1.04. The minimum absolute atomic E-state index is 0.540. The fourth-order valence-electron chi connectivity index (χ4n) is 1.89. The van der Waals surface area contributed by atoms with Gasteiger partial charge in [-0.2, -0.15) is 0 Å². The normalized spacial score (nSPS) is 13.6. The van der Waals surface area contributed by atoms with Gasteiger partial charge in [0.1, 0.15) is 0 Å². The van der Waals surface area contributed by atoms with E-state index < -0.39 is 0 Å². The van der Waals surface area contributed by atoms with Crippen LogP contribution in [0.1, 0.15) is 21.6 Å². The van der Waals surface area contributed by atoms with Crippen LogP contribution in [-0.2, 0) is 0 Å². The van der Waals surface area contributed by atoms with Crippen LogP contribution in [0.15, 0.2) is 35.7 Å². The van der Waals surface area contributed by atoms with Crippen molar-refractivity contribution in [1.82, 2.24) is 0 Å². The van der Waals surface area contributed by atoms with Gasteiger partial charge in [0.2, 0.25) is 0 Å². The van der Waals surface area contributed by atoms with Crippen molar-refractivity contribution in [3.63, 3.8) is 0 Å². The fourth-order valence-corrected chi connectivity index (χ4v) is 2.75. The molecule has 2 nitrogen and oxygen atoms in total. The maximum Gasteiger partial charge on any atom is 0.0797 e. The summed E-state index contributed by atoms with van der Waals surface area (Å²) < 4.78 is 0. The fraction of sp³-hybridized carbons (Fsp3) is 0. The number of fused-ring (bicyclic) bond motifs is 2. The zero-order valence-electron chi connectivity index (χ0n) is 7.87. The van der Waals surface area contributed by atoms with Gasteiger partial charge in [-0.25, -0.2) is 0 Å². The number of nitrogens with one attached hydrogen (secondary N) is 2. The van der Waals surface area contributed by atoms with Crippen LogP contribution in [0.5, 0.6) is 0 Å². The van der Waals surface area contributed by atoms with Crippen molar-refractivity contribution in [2.24, 2.45) is 0 Å². The molecule has 0 radical (unpaired) electrons. The maximum absolute atomic E-state index is 8.07. The molecule has 1 aromatic carbocycles. The van der Waals surface area contributed by atoms with Crippen molar-refractivity contribution in [3.8, 4) is 0 Å². The molecule has 0 spiro atoms. The molecule has 0 aliphatic heterocycles. The standard InChI is InChI=1S/C12H8N2S/c13-10-7-3-1-2-4-8(7)11(14)12-9(10)5-6-15-12/h1-6,13-14H. The Morgan fingerprint density at radius 3 is 2.20 bits per heavy atom. The lowest BCUT2D eigenvalue weighted by Crippen LogP contribution is -2.18. The van der Waals surface area contributed by atoms with Crippen LogP contribution in [-0.4, -0.2) is 11.4 Å². The number of thiophene rings is 1. The van der Waals surface area contributed by atoms with Crippen LogP contribution < -0.4 is 0 Å². The SMILES string of the molecule is N=C1c2ccccc2C(=N)c2sccc21. The van der Waals surface area contributed by atoms with Crippen molar-refractivity contribution in [2.75, 3.05) is 0 Å². The van der Waals surface area contributed by atoms with E-state index in [-0.39, 0.29) is 0 Å². The largest absolute Gasteiger partial charge is 0.300 e. The third-order valence-corrected chi connectivity index (χ3v) is 3.56. The molecule has 0 atom stereocenters. The van der Waals surface area contributed by atoms with Crippen LogP contribution >= 0.6 is 11.3 Å². The molecule has 0 bridgehead atoms. The molecule has 1 heterocycles. The van der Waals surface area contributed by atoms with E-state index >= 15 is 0 Å². The highest BCUT2D eigenvalue weighted by Crippen LogP contribution is 2.30. The molecule has 0 fully saturated rings. The van der Waals surface area contributed by atoms with Gasteiger partial charge >= 0.3 is 0 Å². The first-order chi connectivity index (χ1) is 7.29. The van der Waals surface area contributed by atoms with E-state index in [9.17, 15) is 0 Å². The summed E-state index contributed by atoms with van der Waals surface area (Å²) >= 11 is 1.54. The summed E-state index contributed by atoms with van der Waals surface area (Å²) in [5.41, 5.74) is 3.72. The van der Waals surface area contributed by atoms with Crippen molar-refractivity contribution < 1.29 is 0 Å². The highest BCUT2D eigenvalue weighted by molar-refractivity contribution is 7.13. The molecule has 15 heavy (non-hydrogen) atoms. The zero-order valence-corrected chi connectivity index (χ0v) is 8.69. The lowest BCUT2D eigenvalue weighted by Gasteiger charge is -2.17. The molecule has 2 N–H and O–H groups in total. The topological polar surface area (TPSA) is 47.7 Å². The van der Waals surface area contributed by atoms with Gasteiger partial charge in [-0.15, -0.1) is 11.3 Å². The summed E-state index contributed by atoms with van der Waals surface area (Å²) in [6.07, 6.45) is 0. The second-order valence-corrected chi connectivity index (χ2v) is 4.38. The lowest BCUT2D eigenvalue weighted by atomic mass is 9.88. The average molecular weight is 212 g/mol. The summed E-state index contributed by atoms with van der Waals surface area (Å²) in [6.45, 7) is 0. The molecule has 2 aromatic rings. The zero-order chi connectivity index (χ0) is 10.4. The Hall–Kier alpha value is -1.74. The first-order valence-electron chi connectivity index (χ1n) is 4.64. The summed E-state index contributed by atoms with van der Waals surface area (Å²) in [7, 11) is 0. The molecule has 1 aliphatic rings. The van der Waals surface area contributed by atoms with Gasteiger partial charge in [-0.3, -0.25) is 10.8 Å². The van der Waals surface area contributed by atoms with Crippen LogP contribution in [0.25, 0.3) is 0 Å². The van der Waals surface area contributed by atoms with E-state index in [0.717, 1.165) is 21.6 Å². The highest BCUT2D eigenvalue weighted by atomic mass is 32.1. The average Bonchev–Trinajstić information content (AvgIpc) is 2.75. The summed E-state index contributed by atoms with van der Waals surface area (Å²) in [5.74, 6) is 0. The maximum atomic E-state index is 8.07. The monoisotopic (exact) mass is 212 g/mol. The Bertz CT molecular complexity index is 531. The minimum Gasteiger partial charge on any atom is -0.300 e. The van der Waals surface area contributed by atoms with Crippen molar-refractivity contribution in [2.45, 2.75) is 0 Å². The molecule has 0 unspecified atom stereocenters. The van der Waals surface area contributed by atoms with Gasteiger partial charge < -0.3 is 0 Å². The number of hydrogen-bond acceptors (Lipinski definition) is 3. The van der Waals surface area contributed by atoms with E-state index in [0.29, 0.717) is 11.4 Å². The van der Waals surface area contributed by atoms with E-state index in [1.54, 1.807) is 0 Å². The summed E-state index contributed by atoms with van der Waals surface area (Å²) in [6, 6.07) is 9.58. The third-order valence-electron chi connectivity index (χ3n) is 2.63. The van der Waals surface area contributed by atoms with Gasteiger partial charge in [0.25, 0.3) is 0 Å². The second kappa shape index (κ2) is 2.87. The summed E-state index contributed by atoms with van der Waals surface area (Å²) in [4.78, 5) is 0.915. The quantitative estimate of drug-likeness (QED) is 0.575. The van der Waals surface area contributed by atoms with Crippen LogP contribution in [0, 0.1) is 10.8 Å². The molecule has 3 rings (SSSR count). The molecule has 72 valence electrons. The summed E-state index contributed by atoms with van der Waals surface area (Å²) in [5, 5.41) is 18.1. The Morgan fingerprint density at radius 2 is 1.47 bits per heavy atom. The Morgan fingerprint density at radius 1 is 0.800 bits per heavy atom. The Balaban J connectivity index is 2.36. The van der Waals surface area contributed by atoms with Gasteiger partial charge in [-0.05, 0) is 11.4 Å². The van der Waals surface area contributed by atoms with Gasteiger partial charge in [0.15, 0.2) is 0 Å². The molecular formula is C12H8N2S. The molecule has 0 saturated heterocycles. The Kier molecular flexibility index (Phi) is 1.64. The second-order valence-electron chi connectivity index (χ2n) is 3.46. The van der Waals surface area contributed by atoms with Crippen LogP contribution in [0.2, 0.25) is 0 Å². The van der Waals surface area contributed by atoms with Crippen molar-refractivity contribution in [1.29, 1.82) is 10.8 Å². The molecule has 0 amide bonds. The van der Waals surface area contributed by atoms with Crippen molar-refractivity contribution >= 4 is 22.8 Å². The molecule has 1 aromatic heterocycles. The highest BCUT2D eigenvalue weighted by Gasteiger charge is 2.24. The van der Waals surface area contributed by atoms with Crippen LogP contribution in [0.3, 0.4) is 0 Å². The first-order valence-corrected chi connectivity index (χ1v) is 5.52. The van der Waals surface area contributed by atoms with E-state index in [1.165, 1.54) is 11.3 Å². The lowest BCUT2D eigenvalue weighted by molar-refractivity contribution is 1.40. The van der Waals surface area contributed by atoms with Gasteiger partial charge in [-0.1, -0.05) is 24.3 Å². The molecular weight excluding hydrogens is 204 g/mol. The predicted octanol–water partition coefficient (Wildman–Crippen LogP) is 2.89. The van der Waals surface area contributed by atoms with Crippen LogP contribution in [0.4, 0.5) is 0 Å². The van der Waals surface area contributed by atoms with E-state index in [2.05, 4.69) is 0 Å². The van der Waals surface area contributed by atoms with Crippen molar-refractivity contribution in [3.05, 3.63) is 57.3 Å². The number of hydrogen-bond donors (Lipinski definition) is 2. The Labute approximate surface area is 91.2 Å². The molecule has 3 heteroatoms. The van der Waals surface area contributed by atoms with E-state index in [1.807, 2.05) is 35.7 Å². The first kappa shape index (κ1) is 8.56. The molecule has 1 aliphatic carbocycles. The number of rotatable bonds is 0. The van der Waals surface area contributed by atoms with E-state index in [4.69, 9.17) is 10.8 Å². The minimum atomic E-state index is 0.540.